The van der Waals surface area contributed by atoms with Crippen LogP contribution in [-0.4, -0.2) is 23.4 Å². The van der Waals surface area contributed by atoms with E-state index in [1.165, 1.54) is 0 Å². The molecule has 0 atom stereocenters. The number of nitriles is 1. The predicted molar refractivity (Wildman–Crippen MR) is 73.8 cm³/mol. The lowest BCUT2D eigenvalue weighted by molar-refractivity contribution is 0.0709. The summed E-state index contributed by atoms with van der Waals surface area (Å²) in [5.74, 6) is -0.0202. The highest BCUT2D eigenvalue weighted by Gasteiger charge is 2.27. The molecule has 3 rings (SSSR count). The van der Waals surface area contributed by atoms with Gasteiger partial charge in [0.25, 0.3) is 5.91 Å². The van der Waals surface area contributed by atoms with Gasteiger partial charge in [-0.05, 0) is 36.1 Å². The number of fused-ring (bicyclic) bond motifs is 1. The Bertz CT molecular complexity index is 556. The molecular weight excluding hydrogens is 252 g/mol. The van der Waals surface area contributed by atoms with Gasteiger partial charge in [-0.25, -0.2) is 0 Å². The molecule has 1 aromatic carbocycles. The largest absolute Gasteiger partial charge is 0.372 e. The van der Waals surface area contributed by atoms with E-state index < -0.39 is 0 Å². The number of amides is 1. The Morgan fingerprint density at radius 1 is 1.30 bits per heavy atom. The molecule has 1 aliphatic carbocycles. The highest BCUT2D eigenvalue weighted by molar-refractivity contribution is 5.95. The number of hydrogen-bond donors (Lipinski definition) is 0. The zero-order valence-electron chi connectivity index (χ0n) is 11.5. The van der Waals surface area contributed by atoms with E-state index in [1.807, 2.05) is 18.2 Å². The summed E-state index contributed by atoms with van der Waals surface area (Å²) < 4.78 is 5.38. The van der Waals surface area contributed by atoms with Crippen LogP contribution in [0.2, 0.25) is 0 Å². The fourth-order valence-corrected chi connectivity index (χ4v) is 3.13. The van der Waals surface area contributed by atoms with E-state index in [2.05, 4.69) is 6.07 Å². The molecule has 1 aliphatic heterocycles. The maximum Gasteiger partial charge on any atom is 0.254 e. The molecule has 0 unspecified atom stereocenters. The summed E-state index contributed by atoms with van der Waals surface area (Å²) >= 11 is 0. The fourth-order valence-electron chi connectivity index (χ4n) is 3.13. The smallest absolute Gasteiger partial charge is 0.254 e. The first-order chi connectivity index (χ1) is 9.79. The van der Waals surface area contributed by atoms with E-state index in [4.69, 9.17) is 10.00 Å². The van der Waals surface area contributed by atoms with Crippen molar-refractivity contribution in [3.63, 3.8) is 0 Å². The van der Waals surface area contributed by atoms with Crippen molar-refractivity contribution in [1.82, 2.24) is 4.90 Å². The molecule has 20 heavy (non-hydrogen) atoms. The topological polar surface area (TPSA) is 53.3 Å². The van der Waals surface area contributed by atoms with E-state index in [0.717, 1.165) is 36.8 Å². The van der Waals surface area contributed by atoms with Crippen molar-refractivity contribution in [3.05, 3.63) is 34.9 Å². The van der Waals surface area contributed by atoms with E-state index in [9.17, 15) is 4.79 Å². The first-order valence-corrected chi connectivity index (χ1v) is 7.17. The molecule has 0 aromatic heterocycles. The molecule has 4 nitrogen and oxygen atoms in total. The lowest BCUT2D eigenvalue weighted by Crippen LogP contribution is -2.39. The normalized spacial score (nSPS) is 17.8. The van der Waals surface area contributed by atoms with Crippen molar-refractivity contribution in [2.45, 2.75) is 44.9 Å². The average Bonchev–Trinajstić information content (AvgIpc) is 3.13. The minimum absolute atomic E-state index is 0.0202. The molecule has 0 bridgehead atoms. The standard InChI is InChI=1S/C16H18N2O2/c17-7-8-18(15-3-1-2-4-15)16(19)12-5-6-13-10-20-11-14(13)9-12/h5-6,9,15H,1-4,8,10-11H2. The highest BCUT2D eigenvalue weighted by atomic mass is 16.5. The van der Waals surface area contributed by atoms with Gasteiger partial charge in [-0.2, -0.15) is 5.26 Å². The average molecular weight is 270 g/mol. The van der Waals surface area contributed by atoms with Crippen molar-refractivity contribution >= 4 is 5.91 Å². The Morgan fingerprint density at radius 2 is 2.05 bits per heavy atom. The summed E-state index contributed by atoms with van der Waals surface area (Å²) in [6.07, 6.45) is 4.33. The van der Waals surface area contributed by atoms with Gasteiger partial charge in [-0.15, -0.1) is 0 Å². The van der Waals surface area contributed by atoms with Gasteiger partial charge in [-0.3, -0.25) is 4.79 Å². The first-order valence-electron chi connectivity index (χ1n) is 7.17. The zero-order valence-corrected chi connectivity index (χ0v) is 11.5. The minimum atomic E-state index is -0.0202. The maximum absolute atomic E-state index is 12.7. The van der Waals surface area contributed by atoms with Crippen LogP contribution in [0.3, 0.4) is 0 Å². The molecule has 0 N–H and O–H groups in total. The lowest BCUT2D eigenvalue weighted by atomic mass is 10.0. The zero-order chi connectivity index (χ0) is 13.9. The van der Waals surface area contributed by atoms with E-state index in [1.54, 1.807) is 4.90 Å². The summed E-state index contributed by atoms with van der Waals surface area (Å²) in [6.45, 7) is 1.39. The second-order valence-electron chi connectivity index (χ2n) is 5.51. The summed E-state index contributed by atoms with van der Waals surface area (Å²) in [6, 6.07) is 8.10. The minimum Gasteiger partial charge on any atom is -0.372 e. The number of hydrogen-bond acceptors (Lipinski definition) is 3. The third-order valence-electron chi connectivity index (χ3n) is 4.24. The maximum atomic E-state index is 12.7. The number of rotatable bonds is 3. The third kappa shape index (κ3) is 2.41. The number of ether oxygens (including phenoxy) is 1. The van der Waals surface area contributed by atoms with E-state index in [-0.39, 0.29) is 18.5 Å². The fraction of sp³-hybridized carbons (Fsp3) is 0.500. The molecule has 4 heteroatoms. The summed E-state index contributed by atoms with van der Waals surface area (Å²) in [4.78, 5) is 14.4. The van der Waals surface area contributed by atoms with Crippen molar-refractivity contribution < 1.29 is 9.53 Å². The molecule has 1 amide bonds. The number of carbonyl (C=O) groups excluding carboxylic acids is 1. The van der Waals surface area contributed by atoms with Crippen LogP contribution < -0.4 is 0 Å². The van der Waals surface area contributed by atoms with Crippen molar-refractivity contribution in [3.8, 4) is 6.07 Å². The van der Waals surface area contributed by atoms with Crippen LogP contribution in [0.15, 0.2) is 18.2 Å². The Balaban J connectivity index is 1.83. The summed E-state index contributed by atoms with van der Waals surface area (Å²) in [5.41, 5.74) is 2.94. The molecule has 0 radical (unpaired) electrons. The van der Waals surface area contributed by atoms with Crippen molar-refractivity contribution in [1.29, 1.82) is 5.26 Å². The second-order valence-corrected chi connectivity index (χ2v) is 5.51. The molecule has 1 fully saturated rings. The molecule has 104 valence electrons. The van der Waals surface area contributed by atoms with Gasteiger partial charge in [0.1, 0.15) is 6.54 Å². The van der Waals surface area contributed by atoms with Crippen LogP contribution in [-0.2, 0) is 18.0 Å². The van der Waals surface area contributed by atoms with Crippen LogP contribution >= 0.6 is 0 Å². The number of nitrogens with zero attached hydrogens (tertiary/aromatic N) is 2. The van der Waals surface area contributed by atoms with E-state index >= 15 is 0 Å². The van der Waals surface area contributed by atoms with Gasteiger partial charge in [0.15, 0.2) is 0 Å². The summed E-state index contributed by atoms with van der Waals surface area (Å²) in [5, 5.41) is 8.98. The Hall–Kier alpha value is -1.86. The molecule has 1 saturated carbocycles. The van der Waals surface area contributed by atoms with Gasteiger partial charge in [-0.1, -0.05) is 18.9 Å². The molecule has 0 saturated heterocycles. The first kappa shape index (κ1) is 13.1. The summed E-state index contributed by atoms with van der Waals surface area (Å²) in [7, 11) is 0. The van der Waals surface area contributed by atoms with Crippen LogP contribution in [0.4, 0.5) is 0 Å². The van der Waals surface area contributed by atoms with Gasteiger partial charge >= 0.3 is 0 Å². The van der Waals surface area contributed by atoms with E-state index in [0.29, 0.717) is 18.8 Å². The molecular formula is C16H18N2O2. The van der Waals surface area contributed by atoms with Gasteiger partial charge in [0.05, 0.1) is 19.3 Å². The highest BCUT2D eigenvalue weighted by Crippen LogP contribution is 2.26. The molecule has 0 spiro atoms. The Labute approximate surface area is 118 Å². The van der Waals surface area contributed by atoms with Crippen LogP contribution in [0.25, 0.3) is 0 Å². The quantitative estimate of drug-likeness (QED) is 0.793. The SMILES string of the molecule is N#CCN(C(=O)c1ccc2c(c1)COC2)C1CCCC1. The molecule has 2 aliphatic rings. The van der Waals surface area contributed by atoms with Crippen molar-refractivity contribution in [2.24, 2.45) is 0 Å². The van der Waals surface area contributed by atoms with Gasteiger partial charge in [0, 0.05) is 11.6 Å². The molecule has 1 aromatic rings. The predicted octanol–water partition coefficient (Wildman–Crippen LogP) is 2.63. The Morgan fingerprint density at radius 3 is 2.80 bits per heavy atom. The monoisotopic (exact) mass is 270 g/mol. The van der Waals surface area contributed by atoms with Gasteiger partial charge in [0.2, 0.25) is 0 Å². The van der Waals surface area contributed by atoms with Crippen LogP contribution in [0.5, 0.6) is 0 Å². The number of carbonyl (C=O) groups is 1. The van der Waals surface area contributed by atoms with Gasteiger partial charge < -0.3 is 9.64 Å². The number of benzene rings is 1. The third-order valence-corrected chi connectivity index (χ3v) is 4.24. The van der Waals surface area contributed by atoms with Crippen molar-refractivity contribution in [2.75, 3.05) is 6.54 Å². The van der Waals surface area contributed by atoms with Crippen LogP contribution in [0, 0.1) is 11.3 Å². The lowest BCUT2D eigenvalue weighted by Gasteiger charge is -2.26. The second kappa shape index (κ2) is 5.64. The van der Waals surface area contributed by atoms with Crippen LogP contribution in [0.1, 0.15) is 47.2 Å². The Kier molecular flexibility index (Phi) is 3.70. The molecule has 1 heterocycles.